The molecule has 0 spiro atoms. The maximum atomic E-state index is 8.74. The van der Waals surface area contributed by atoms with Crippen LogP contribution in [-0.4, -0.2) is 20.1 Å². The van der Waals surface area contributed by atoms with Crippen LogP contribution in [0.3, 0.4) is 0 Å². The van der Waals surface area contributed by atoms with E-state index in [1.807, 2.05) is 60.7 Å². The van der Waals surface area contributed by atoms with Crippen molar-refractivity contribution in [2.75, 3.05) is 0 Å². The van der Waals surface area contributed by atoms with Gasteiger partial charge in [-0.15, -0.1) is 0 Å². The van der Waals surface area contributed by atoms with Gasteiger partial charge in [0.2, 0.25) is 0 Å². The van der Waals surface area contributed by atoms with Gasteiger partial charge in [-0.1, -0.05) is 12.1 Å². The summed E-state index contributed by atoms with van der Waals surface area (Å²) in [5.74, 6) is 3.09. The number of phenols is 1. The van der Waals surface area contributed by atoms with E-state index in [4.69, 9.17) is 30.8 Å². The number of nitrogens with zero attached hydrogens (tertiary/aromatic N) is 5. The van der Waals surface area contributed by atoms with E-state index in [0.717, 1.165) is 21.5 Å². The second kappa shape index (κ2) is 20.0. The Bertz CT molecular complexity index is 1780. The molecule has 0 aliphatic rings. The van der Waals surface area contributed by atoms with Gasteiger partial charge in [0.05, 0.1) is 35.7 Å². The van der Waals surface area contributed by atoms with Gasteiger partial charge in [0, 0.05) is 35.8 Å². The quantitative estimate of drug-likeness (QED) is 0.185. The van der Waals surface area contributed by atoms with Crippen molar-refractivity contribution in [2.45, 2.75) is 6.54 Å². The van der Waals surface area contributed by atoms with Gasteiger partial charge in [0.15, 0.2) is 0 Å². The molecule has 0 atom stereocenters. The highest BCUT2D eigenvalue weighted by atomic mass is 79.9. The lowest BCUT2D eigenvalue weighted by Crippen LogP contribution is -1.95. The van der Waals surface area contributed by atoms with Gasteiger partial charge in [-0.25, -0.2) is 0 Å². The molecular formula is C36H29BrN6O3. The molecule has 0 radical (unpaired) electrons. The lowest BCUT2D eigenvalue weighted by atomic mass is 10.2. The Balaban J connectivity index is 0.000000175. The largest absolute Gasteiger partial charge is 0.508 e. The standard InChI is InChI=1S/C12H12N2O.C12H8N2O.C7H5NO.C5H4BrN/c2*13-8-10-3-5-11(6-4-10)15-12-2-1-7-14-9-12;8-5-6-1-3-7(9)4-2-6;6-5-2-1-3-7-4-5/h1-7,9H,8,13H2;1-7,9H;1-4,9H;1-4H. The number of rotatable bonds is 5. The van der Waals surface area contributed by atoms with Crippen LogP contribution in [0.5, 0.6) is 28.7 Å². The van der Waals surface area contributed by atoms with Crippen LogP contribution in [0, 0.1) is 22.7 Å². The Labute approximate surface area is 276 Å². The number of hydrogen-bond acceptors (Lipinski definition) is 9. The average Bonchev–Trinajstić information content (AvgIpc) is 3.11. The first-order valence-electron chi connectivity index (χ1n) is 13.7. The first-order chi connectivity index (χ1) is 22.5. The first kappa shape index (κ1) is 34.4. The molecule has 3 heterocycles. The number of pyridine rings is 3. The predicted octanol–water partition coefficient (Wildman–Crippen LogP) is 8.19. The molecule has 3 aromatic heterocycles. The van der Waals surface area contributed by atoms with Crippen LogP contribution in [0.15, 0.2) is 151 Å². The Morgan fingerprint density at radius 2 is 1.02 bits per heavy atom. The monoisotopic (exact) mass is 672 g/mol. The molecule has 0 bridgehead atoms. The van der Waals surface area contributed by atoms with Crippen LogP contribution in [0.25, 0.3) is 0 Å². The van der Waals surface area contributed by atoms with Gasteiger partial charge in [-0.05, 0) is 119 Å². The van der Waals surface area contributed by atoms with Crippen LogP contribution in [0.2, 0.25) is 0 Å². The molecule has 0 saturated carbocycles. The highest BCUT2D eigenvalue weighted by Crippen LogP contribution is 2.21. The van der Waals surface area contributed by atoms with Crippen molar-refractivity contribution in [3.8, 4) is 40.9 Å². The number of phenolic OH excluding ortho intramolecular Hbond substituents is 1. The fourth-order valence-corrected chi connectivity index (χ4v) is 3.53. The zero-order valence-electron chi connectivity index (χ0n) is 24.5. The van der Waals surface area contributed by atoms with Crippen LogP contribution >= 0.6 is 15.9 Å². The van der Waals surface area contributed by atoms with E-state index in [0.29, 0.717) is 29.2 Å². The van der Waals surface area contributed by atoms with Gasteiger partial charge >= 0.3 is 0 Å². The lowest BCUT2D eigenvalue weighted by molar-refractivity contribution is 0.475. The molecule has 0 saturated heterocycles. The molecule has 228 valence electrons. The fraction of sp³-hybridized carbons (Fsp3) is 0.0278. The number of aromatic hydroxyl groups is 1. The summed E-state index contributed by atoms with van der Waals surface area (Å²) < 4.78 is 12.1. The van der Waals surface area contributed by atoms with E-state index in [1.54, 1.807) is 79.6 Å². The van der Waals surface area contributed by atoms with Crippen molar-refractivity contribution >= 4 is 15.9 Å². The van der Waals surface area contributed by atoms with Crippen molar-refractivity contribution in [1.29, 1.82) is 10.5 Å². The summed E-state index contributed by atoms with van der Waals surface area (Å²) in [6.45, 7) is 0.549. The number of nitrogens with two attached hydrogens (primary N) is 1. The molecule has 0 amide bonds. The van der Waals surface area contributed by atoms with E-state index in [1.165, 1.54) is 12.1 Å². The number of halogens is 1. The van der Waals surface area contributed by atoms with E-state index in [9.17, 15) is 0 Å². The average molecular weight is 674 g/mol. The van der Waals surface area contributed by atoms with E-state index >= 15 is 0 Å². The predicted molar refractivity (Wildman–Crippen MR) is 179 cm³/mol. The normalized spacial score (nSPS) is 9.22. The molecule has 46 heavy (non-hydrogen) atoms. The lowest BCUT2D eigenvalue weighted by Gasteiger charge is -2.05. The van der Waals surface area contributed by atoms with Gasteiger partial charge < -0.3 is 20.3 Å². The molecule has 9 nitrogen and oxygen atoms in total. The highest BCUT2D eigenvalue weighted by Gasteiger charge is 1.97. The molecular weight excluding hydrogens is 644 g/mol. The van der Waals surface area contributed by atoms with Crippen LogP contribution in [0.1, 0.15) is 16.7 Å². The SMILES string of the molecule is Brc1cccnc1.N#Cc1ccc(O)cc1.N#Cc1ccc(Oc2cccnc2)cc1.NCc1ccc(Oc2cccnc2)cc1. The number of ether oxygens (including phenoxy) is 2. The molecule has 3 aromatic carbocycles. The number of benzene rings is 3. The van der Waals surface area contributed by atoms with Gasteiger partial charge in [-0.3, -0.25) is 15.0 Å². The third-order valence-electron chi connectivity index (χ3n) is 5.50. The molecule has 0 unspecified atom stereocenters. The Hall–Kier alpha value is -6.07. The summed E-state index contributed by atoms with van der Waals surface area (Å²) in [5.41, 5.74) is 7.77. The van der Waals surface area contributed by atoms with Gasteiger partial charge in [0.25, 0.3) is 0 Å². The highest BCUT2D eigenvalue weighted by molar-refractivity contribution is 9.10. The van der Waals surface area contributed by atoms with E-state index in [2.05, 4.69) is 37.0 Å². The number of hydrogen-bond donors (Lipinski definition) is 2. The number of nitriles is 2. The van der Waals surface area contributed by atoms with Crippen molar-refractivity contribution in [3.63, 3.8) is 0 Å². The van der Waals surface area contributed by atoms with Crippen molar-refractivity contribution < 1.29 is 14.6 Å². The summed E-state index contributed by atoms with van der Waals surface area (Å²) in [4.78, 5) is 11.7. The maximum Gasteiger partial charge on any atom is 0.145 e. The Kier molecular flexibility index (Phi) is 15.0. The third-order valence-corrected chi connectivity index (χ3v) is 5.97. The first-order valence-corrected chi connectivity index (χ1v) is 14.5. The Morgan fingerprint density at radius 1 is 0.587 bits per heavy atom. The molecule has 0 aliphatic carbocycles. The molecule has 6 aromatic rings. The third kappa shape index (κ3) is 13.5. The van der Waals surface area contributed by atoms with E-state index < -0.39 is 0 Å². The van der Waals surface area contributed by atoms with E-state index in [-0.39, 0.29) is 5.75 Å². The molecule has 6 rings (SSSR count). The summed E-state index contributed by atoms with van der Waals surface area (Å²) in [5, 5.41) is 25.7. The van der Waals surface area contributed by atoms with Crippen LogP contribution in [-0.2, 0) is 6.54 Å². The summed E-state index contributed by atoms with van der Waals surface area (Å²) in [7, 11) is 0. The minimum Gasteiger partial charge on any atom is -0.508 e. The van der Waals surface area contributed by atoms with Crippen LogP contribution in [0.4, 0.5) is 0 Å². The smallest absolute Gasteiger partial charge is 0.145 e. The minimum atomic E-state index is 0.189. The fourth-order valence-electron chi connectivity index (χ4n) is 3.26. The minimum absolute atomic E-state index is 0.189. The summed E-state index contributed by atoms with van der Waals surface area (Å²) in [6.07, 6.45) is 10.2. The second-order valence-electron chi connectivity index (χ2n) is 8.90. The molecule has 0 fully saturated rings. The van der Waals surface area contributed by atoms with Crippen LogP contribution < -0.4 is 15.2 Å². The molecule has 3 N–H and O–H groups in total. The summed E-state index contributed by atoms with van der Waals surface area (Å²) >= 11 is 3.25. The Morgan fingerprint density at radius 3 is 1.37 bits per heavy atom. The maximum absolute atomic E-state index is 8.74. The zero-order chi connectivity index (χ0) is 32.8. The zero-order valence-corrected chi connectivity index (χ0v) is 26.1. The van der Waals surface area contributed by atoms with Gasteiger partial charge in [-0.2, -0.15) is 10.5 Å². The number of aromatic nitrogens is 3. The van der Waals surface area contributed by atoms with Crippen molar-refractivity contribution in [3.05, 3.63) is 168 Å². The summed E-state index contributed by atoms with van der Waals surface area (Å²) in [6, 6.07) is 35.9. The molecule has 10 heteroatoms. The molecule has 0 aliphatic heterocycles. The van der Waals surface area contributed by atoms with Crippen molar-refractivity contribution in [2.24, 2.45) is 5.73 Å². The van der Waals surface area contributed by atoms with Crippen molar-refractivity contribution in [1.82, 2.24) is 15.0 Å². The van der Waals surface area contributed by atoms with Gasteiger partial charge in [0.1, 0.15) is 28.7 Å². The topological polar surface area (TPSA) is 151 Å². The second-order valence-corrected chi connectivity index (χ2v) is 9.81.